The number of hydrogen-bond acceptors (Lipinski definition) is 6. The van der Waals surface area contributed by atoms with Crippen molar-refractivity contribution in [2.75, 3.05) is 10.9 Å². The second-order valence-corrected chi connectivity index (χ2v) is 9.06. The molecule has 0 spiro atoms. The molecule has 4 rings (SSSR count). The van der Waals surface area contributed by atoms with Crippen LogP contribution in [0.3, 0.4) is 0 Å². The van der Waals surface area contributed by atoms with Crippen LogP contribution in [0.15, 0.2) is 129 Å². The molecule has 7 heteroatoms. The summed E-state index contributed by atoms with van der Waals surface area (Å²) in [6, 6.07) is 32.4. The predicted molar refractivity (Wildman–Crippen MR) is 134 cm³/mol. The van der Waals surface area contributed by atoms with Crippen molar-refractivity contribution in [3.63, 3.8) is 0 Å². The highest BCUT2D eigenvalue weighted by molar-refractivity contribution is 7.91. The maximum absolute atomic E-state index is 13.0. The van der Waals surface area contributed by atoms with Crippen molar-refractivity contribution in [1.29, 1.82) is 0 Å². The fourth-order valence-corrected chi connectivity index (χ4v) is 4.26. The van der Waals surface area contributed by atoms with Gasteiger partial charge in [0.25, 0.3) is 0 Å². The minimum absolute atomic E-state index is 0.211. The van der Waals surface area contributed by atoms with Crippen LogP contribution in [-0.4, -0.2) is 20.8 Å². The first-order valence-electron chi connectivity index (χ1n) is 10.2. The Labute approximate surface area is 193 Å². The normalized spacial score (nSPS) is 11.6. The molecular weight excluding hydrogens is 432 g/mol. The Morgan fingerprint density at radius 2 is 0.879 bits per heavy atom. The molecule has 0 amide bonds. The molecular formula is C26H22N4O2S. The lowest BCUT2D eigenvalue weighted by atomic mass is 10.2. The Balaban J connectivity index is 1.39. The molecule has 4 aromatic rings. The molecule has 0 radical (unpaired) electrons. The summed E-state index contributed by atoms with van der Waals surface area (Å²) in [4.78, 5) is 0.422. The van der Waals surface area contributed by atoms with Crippen LogP contribution >= 0.6 is 0 Å². The number of sulfone groups is 1. The molecule has 0 bridgehead atoms. The van der Waals surface area contributed by atoms with Gasteiger partial charge in [-0.15, -0.1) is 0 Å². The van der Waals surface area contributed by atoms with Crippen molar-refractivity contribution in [2.45, 2.75) is 9.79 Å². The average molecular weight is 455 g/mol. The van der Waals surface area contributed by atoms with Crippen LogP contribution in [0.25, 0.3) is 0 Å². The Bertz CT molecular complexity index is 1230. The Kier molecular flexibility index (Phi) is 6.92. The van der Waals surface area contributed by atoms with E-state index < -0.39 is 9.84 Å². The van der Waals surface area contributed by atoms with Crippen molar-refractivity contribution >= 4 is 33.6 Å². The second-order valence-electron chi connectivity index (χ2n) is 7.11. The van der Waals surface area contributed by atoms with Gasteiger partial charge in [-0.25, -0.2) is 8.42 Å². The summed E-state index contributed by atoms with van der Waals surface area (Å²) >= 11 is 0. The number of nitrogens with zero attached hydrogens (tertiary/aromatic N) is 2. The van der Waals surface area contributed by atoms with Crippen molar-refractivity contribution in [3.05, 3.63) is 120 Å². The summed E-state index contributed by atoms with van der Waals surface area (Å²) in [5.74, 6) is 0. The molecule has 33 heavy (non-hydrogen) atoms. The molecule has 0 fully saturated rings. The van der Waals surface area contributed by atoms with Crippen molar-refractivity contribution in [1.82, 2.24) is 0 Å². The Hall–Kier alpha value is -4.23. The van der Waals surface area contributed by atoms with Crippen molar-refractivity contribution in [3.8, 4) is 0 Å². The Morgan fingerprint density at radius 1 is 0.515 bits per heavy atom. The molecule has 0 aliphatic rings. The van der Waals surface area contributed by atoms with Gasteiger partial charge in [0.1, 0.15) is 0 Å². The van der Waals surface area contributed by atoms with Crippen LogP contribution in [0, 0.1) is 0 Å². The largest absolute Gasteiger partial charge is 0.279 e. The molecule has 0 aromatic heterocycles. The lowest BCUT2D eigenvalue weighted by molar-refractivity contribution is 0.596. The fourth-order valence-electron chi connectivity index (χ4n) is 2.99. The van der Waals surface area contributed by atoms with E-state index in [2.05, 4.69) is 21.1 Å². The number of anilines is 2. The van der Waals surface area contributed by atoms with E-state index in [1.807, 2.05) is 60.7 Å². The van der Waals surface area contributed by atoms with E-state index in [1.165, 1.54) is 0 Å². The van der Waals surface area contributed by atoms with Gasteiger partial charge in [0, 0.05) is 0 Å². The average Bonchev–Trinajstić information content (AvgIpc) is 2.86. The summed E-state index contributed by atoms with van der Waals surface area (Å²) in [6.45, 7) is 0. The van der Waals surface area contributed by atoms with Gasteiger partial charge in [0.05, 0.1) is 33.6 Å². The predicted octanol–water partition coefficient (Wildman–Crippen LogP) is 5.41. The minimum atomic E-state index is -3.63. The highest BCUT2D eigenvalue weighted by Crippen LogP contribution is 2.23. The molecule has 0 saturated carbocycles. The number of hydrogen-bond donors (Lipinski definition) is 2. The molecule has 0 unspecified atom stereocenters. The van der Waals surface area contributed by atoms with Gasteiger partial charge in [-0.05, 0) is 59.7 Å². The van der Waals surface area contributed by atoms with E-state index >= 15 is 0 Å². The van der Waals surface area contributed by atoms with E-state index in [0.29, 0.717) is 11.4 Å². The standard InChI is InChI=1S/C26H22N4O2S/c31-33(32,25-15-11-23(12-16-25)29-27-19-21-7-3-1-4-8-21)26-17-13-24(14-18-26)30-28-20-22-9-5-2-6-10-22/h1-20,29-30H. The molecule has 0 saturated heterocycles. The molecule has 4 aromatic carbocycles. The summed E-state index contributed by atoms with van der Waals surface area (Å²) < 4.78 is 25.9. The third-order valence-corrected chi connectivity index (χ3v) is 6.53. The van der Waals surface area contributed by atoms with Gasteiger partial charge in [0.15, 0.2) is 0 Å². The first-order chi connectivity index (χ1) is 16.1. The van der Waals surface area contributed by atoms with E-state index in [-0.39, 0.29) is 9.79 Å². The van der Waals surface area contributed by atoms with Gasteiger partial charge in [-0.3, -0.25) is 10.9 Å². The van der Waals surface area contributed by atoms with Crippen molar-refractivity contribution in [2.24, 2.45) is 10.2 Å². The van der Waals surface area contributed by atoms with E-state index in [9.17, 15) is 8.42 Å². The second kappa shape index (κ2) is 10.4. The van der Waals surface area contributed by atoms with Crippen LogP contribution in [0.2, 0.25) is 0 Å². The van der Waals surface area contributed by atoms with Gasteiger partial charge in [0.2, 0.25) is 9.84 Å². The van der Waals surface area contributed by atoms with Gasteiger partial charge >= 0.3 is 0 Å². The Morgan fingerprint density at radius 3 is 1.24 bits per heavy atom. The molecule has 164 valence electrons. The quantitative estimate of drug-likeness (QED) is 0.275. The number of benzene rings is 4. The molecule has 0 aliphatic heterocycles. The number of nitrogens with one attached hydrogen (secondary N) is 2. The van der Waals surface area contributed by atoms with Gasteiger partial charge in [-0.1, -0.05) is 60.7 Å². The number of rotatable bonds is 8. The molecule has 0 aliphatic carbocycles. The molecule has 0 atom stereocenters. The van der Waals surface area contributed by atoms with Gasteiger partial charge < -0.3 is 0 Å². The third-order valence-electron chi connectivity index (χ3n) is 4.74. The third kappa shape index (κ3) is 5.93. The monoisotopic (exact) mass is 454 g/mol. The highest BCUT2D eigenvalue weighted by Gasteiger charge is 2.17. The van der Waals surface area contributed by atoms with Crippen LogP contribution in [-0.2, 0) is 9.84 Å². The summed E-state index contributed by atoms with van der Waals surface area (Å²) in [5, 5.41) is 8.34. The van der Waals surface area contributed by atoms with Crippen LogP contribution in [0.4, 0.5) is 11.4 Å². The lowest BCUT2D eigenvalue weighted by Crippen LogP contribution is -2.02. The summed E-state index contributed by atoms with van der Waals surface area (Å²) in [6.07, 6.45) is 3.40. The molecule has 2 N–H and O–H groups in total. The van der Waals surface area contributed by atoms with E-state index in [1.54, 1.807) is 61.0 Å². The first-order valence-corrected chi connectivity index (χ1v) is 11.7. The van der Waals surface area contributed by atoms with Crippen LogP contribution < -0.4 is 10.9 Å². The maximum atomic E-state index is 13.0. The topological polar surface area (TPSA) is 82.9 Å². The first kappa shape index (κ1) is 22.0. The maximum Gasteiger partial charge on any atom is 0.206 e. The summed E-state index contributed by atoms with van der Waals surface area (Å²) in [7, 11) is -3.63. The van der Waals surface area contributed by atoms with Crippen molar-refractivity contribution < 1.29 is 8.42 Å². The smallest absolute Gasteiger partial charge is 0.206 e. The van der Waals surface area contributed by atoms with Crippen LogP contribution in [0.1, 0.15) is 11.1 Å². The van der Waals surface area contributed by atoms with Gasteiger partial charge in [-0.2, -0.15) is 10.2 Å². The SMILES string of the molecule is O=S(=O)(c1ccc(NN=Cc2ccccc2)cc1)c1ccc(NN=Cc2ccccc2)cc1. The molecule has 0 heterocycles. The zero-order chi connectivity index (χ0) is 22.9. The minimum Gasteiger partial charge on any atom is -0.279 e. The van der Waals surface area contributed by atoms with E-state index in [0.717, 1.165) is 11.1 Å². The zero-order valence-corrected chi connectivity index (χ0v) is 18.5. The number of hydrazone groups is 2. The van der Waals surface area contributed by atoms with E-state index in [4.69, 9.17) is 0 Å². The molecule has 6 nitrogen and oxygen atoms in total. The zero-order valence-electron chi connectivity index (χ0n) is 17.7. The highest BCUT2D eigenvalue weighted by atomic mass is 32.2. The lowest BCUT2D eigenvalue weighted by Gasteiger charge is -2.07. The fraction of sp³-hybridized carbons (Fsp3) is 0. The van der Waals surface area contributed by atoms with Crippen LogP contribution in [0.5, 0.6) is 0 Å². The summed E-state index contributed by atoms with van der Waals surface area (Å²) in [5.41, 5.74) is 9.12.